The van der Waals surface area contributed by atoms with Crippen LogP contribution >= 0.6 is 23.1 Å². The van der Waals surface area contributed by atoms with Gasteiger partial charge in [0.05, 0.1) is 6.04 Å². The van der Waals surface area contributed by atoms with Crippen molar-refractivity contribution in [2.45, 2.75) is 13.0 Å². The Hall–Kier alpha value is -1.46. The predicted octanol–water partition coefficient (Wildman–Crippen LogP) is 3.90. The lowest BCUT2D eigenvalue weighted by atomic mass is 10.0. The van der Waals surface area contributed by atoms with Crippen LogP contribution in [0.5, 0.6) is 0 Å². The number of benzene rings is 1. The number of amides is 2. The molecule has 2 heterocycles. The highest BCUT2D eigenvalue weighted by atomic mass is 32.2. The standard InChI is InChI=1S/C17H20N2OS2/c1-13-4-2-5-14(12-13)16(15-6-3-9-22-15)18-17(20)19-7-10-21-11-8-19/h2-6,9,12,16H,7-8,10-11H2,1H3,(H,18,20)/t16-/m0/s1. The van der Waals surface area contributed by atoms with Crippen LogP contribution in [0.1, 0.15) is 22.0 Å². The molecule has 1 aromatic heterocycles. The quantitative estimate of drug-likeness (QED) is 0.924. The minimum absolute atomic E-state index is 0.0419. The summed E-state index contributed by atoms with van der Waals surface area (Å²) in [4.78, 5) is 15.7. The van der Waals surface area contributed by atoms with Gasteiger partial charge in [0, 0.05) is 29.5 Å². The molecule has 2 aromatic rings. The molecule has 1 aromatic carbocycles. The van der Waals surface area contributed by atoms with Crippen molar-refractivity contribution in [3.8, 4) is 0 Å². The average Bonchev–Trinajstić information content (AvgIpc) is 3.07. The van der Waals surface area contributed by atoms with Crippen LogP contribution in [0.2, 0.25) is 0 Å². The third-order valence-corrected chi connectivity index (χ3v) is 5.65. The van der Waals surface area contributed by atoms with Crippen LogP contribution in [0.4, 0.5) is 4.79 Å². The van der Waals surface area contributed by atoms with Crippen molar-refractivity contribution in [3.63, 3.8) is 0 Å². The molecule has 0 unspecified atom stereocenters. The summed E-state index contributed by atoms with van der Waals surface area (Å²) in [5, 5.41) is 5.28. The van der Waals surface area contributed by atoms with Gasteiger partial charge in [-0.25, -0.2) is 4.79 Å². The van der Waals surface area contributed by atoms with E-state index >= 15 is 0 Å². The van der Waals surface area contributed by atoms with Gasteiger partial charge in [0.2, 0.25) is 0 Å². The van der Waals surface area contributed by atoms with Crippen LogP contribution in [0.15, 0.2) is 41.8 Å². The number of carbonyl (C=O) groups excluding carboxylic acids is 1. The zero-order chi connectivity index (χ0) is 15.4. The molecule has 0 spiro atoms. The average molecular weight is 332 g/mol. The van der Waals surface area contributed by atoms with E-state index in [2.05, 4.69) is 48.0 Å². The Morgan fingerprint density at radius 2 is 2.05 bits per heavy atom. The van der Waals surface area contributed by atoms with Crippen molar-refractivity contribution >= 4 is 29.1 Å². The van der Waals surface area contributed by atoms with E-state index in [-0.39, 0.29) is 12.1 Å². The van der Waals surface area contributed by atoms with Crippen molar-refractivity contribution in [2.75, 3.05) is 24.6 Å². The first-order valence-electron chi connectivity index (χ1n) is 7.47. The molecule has 0 aliphatic carbocycles. The molecule has 1 N–H and O–H groups in total. The Labute approximate surface area is 139 Å². The first-order valence-corrected chi connectivity index (χ1v) is 9.50. The summed E-state index contributed by atoms with van der Waals surface area (Å²) >= 11 is 3.59. The normalized spacial score (nSPS) is 16.3. The third-order valence-electron chi connectivity index (χ3n) is 3.77. The molecular weight excluding hydrogens is 312 g/mol. The zero-order valence-corrected chi connectivity index (χ0v) is 14.3. The number of aryl methyl sites for hydroxylation is 1. The first-order chi connectivity index (χ1) is 10.7. The van der Waals surface area contributed by atoms with Crippen LogP contribution in [0.3, 0.4) is 0 Å². The molecule has 0 bridgehead atoms. The van der Waals surface area contributed by atoms with Crippen molar-refractivity contribution < 1.29 is 4.79 Å². The Bertz CT molecular complexity index is 621. The zero-order valence-electron chi connectivity index (χ0n) is 12.6. The molecule has 0 radical (unpaired) electrons. The van der Waals surface area contributed by atoms with Crippen molar-refractivity contribution in [1.82, 2.24) is 10.2 Å². The molecule has 1 saturated heterocycles. The Kier molecular flexibility index (Phi) is 5.05. The monoisotopic (exact) mass is 332 g/mol. The van der Waals surface area contributed by atoms with Crippen molar-refractivity contribution in [1.29, 1.82) is 0 Å². The van der Waals surface area contributed by atoms with E-state index in [1.54, 1.807) is 11.3 Å². The highest BCUT2D eigenvalue weighted by Gasteiger charge is 2.22. The summed E-state index contributed by atoms with van der Waals surface area (Å²) < 4.78 is 0. The van der Waals surface area contributed by atoms with E-state index in [4.69, 9.17) is 0 Å². The van der Waals surface area contributed by atoms with Crippen LogP contribution in [-0.2, 0) is 0 Å². The summed E-state index contributed by atoms with van der Waals surface area (Å²) in [5.41, 5.74) is 2.35. The molecule has 3 nitrogen and oxygen atoms in total. The van der Waals surface area contributed by atoms with Gasteiger partial charge >= 0.3 is 6.03 Å². The minimum atomic E-state index is -0.0676. The number of urea groups is 1. The summed E-state index contributed by atoms with van der Waals surface area (Å²) in [6, 6.07) is 12.5. The Morgan fingerprint density at radius 1 is 1.23 bits per heavy atom. The van der Waals surface area contributed by atoms with Gasteiger partial charge < -0.3 is 10.2 Å². The van der Waals surface area contributed by atoms with Gasteiger partial charge in [-0.05, 0) is 23.9 Å². The number of thioether (sulfide) groups is 1. The largest absolute Gasteiger partial charge is 0.326 e. The van der Waals surface area contributed by atoms with Gasteiger partial charge in [-0.15, -0.1) is 11.3 Å². The number of nitrogens with zero attached hydrogens (tertiary/aromatic N) is 1. The molecule has 116 valence electrons. The summed E-state index contributed by atoms with van der Waals surface area (Å²) in [6.45, 7) is 3.75. The molecular formula is C17H20N2OS2. The van der Waals surface area contributed by atoms with Gasteiger partial charge in [0.25, 0.3) is 0 Å². The molecule has 2 amide bonds. The highest BCUT2D eigenvalue weighted by Crippen LogP contribution is 2.27. The van der Waals surface area contributed by atoms with Crippen LogP contribution in [-0.4, -0.2) is 35.5 Å². The fraction of sp³-hybridized carbons (Fsp3) is 0.353. The summed E-state index contributed by atoms with van der Waals surface area (Å²) in [5.74, 6) is 2.06. The van der Waals surface area contributed by atoms with Gasteiger partial charge in [-0.2, -0.15) is 11.8 Å². The summed E-state index contributed by atoms with van der Waals surface area (Å²) in [7, 11) is 0. The fourth-order valence-electron chi connectivity index (χ4n) is 2.61. The molecule has 3 rings (SSSR count). The lowest BCUT2D eigenvalue weighted by Crippen LogP contribution is -2.45. The number of thiophene rings is 1. The number of hydrogen-bond acceptors (Lipinski definition) is 3. The highest BCUT2D eigenvalue weighted by molar-refractivity contribution is 7.99. The number of carbonyl (C=O) groups is 1. The maximum Gasteiger partial charge on any atom is 0.318 e. The van der Waals surface area contributed by atoms with Gasteiger partial charge in [0.1, 0.15) is 0 Å². The second-order valence-corrected chi connectivity index (χ2v) is 7.62. The number of nitrogens with one attached hydrogen (secondary N) is 1. The number of rotatable bonds is 3. The second kappa shape index (κ2) is 7.20. The summed E-state index contributed by atoms with van der Waals surface area (Å²) in [6.07, 6.45) is 0. The predicted molar refractivity (Wildman–Crippen MR) is 94.8 cm³/mol. The SMILES string of the molecule is Cc1cccc([C@H](NC(=O)N2CCSCC2)c2cccs2)c1. The molecule has 1 fully saturated rings. The minimum Gasteiger partial charge on any atom is -0.326 e. The van der Waals surface area contributed by atoms with Gasteiger partial charge in [-0.1, -0.05) is 35.9 Å². The lowest BCUT2D eigenvalue weighted by molar-refractivity contribution is 0.200. The maximum atomic E-state index is 12.6. The van der Waals surface area contributed by atoms with E-state index in [1.165, 1.54) is 10.4 Å². The molecule has 1 aliphatic heterocycles. The van der Waals surface area contributed by atoms with E-state index in [0.717, 1.165) is 30.2 Å². The lowest BCUT2D eigenvalue weighted by Gasteiger charge is -2.29. The van der Waals surface area contributed by atoms with Gasteiger partial charge in [-0.3, -0.25) is 0 Å². The van der Waals surface area contributed by atoms with Gasteiger partial charge in [0.15, 0.2) is 0 Å². The van der Waals surface area contributed by atoms with Crippen molar-refractivity contribution in [3.05, 3.63) is 57.8 Å². The van der Waals surface area contributed by atoms with E-state index < -0.39 is 0 Å². The topological polar surface area (TPSA) is 32.3 Å². The van der Waals surface area contributed by atoms with Crippen LogP contribution in [0.25, 0.3) is 0 Å². The number of hydrogen-bond donors (Lipinski definition) is 1. The molecule has 1 atom stereocenters. The van der Waals surface area contributed by atoms with Crippen molar-refractivity contribution in [2.24, 2.45) is 0 Å². The van der Waals surface area contributed by atoms with E-state index in [9.17, 15) is 4.79 Å². The Balaban J connectivity index is 1.81. The van der Waals surface area contributed by atoms with Crippen LogP contribution < -0.4 is 5.32 Å². The van der Waals surface area contributed by atoms with E-state index in [1.807, 2.05) is 22.7 Å². The third kappa shape index (κ3) is 3.65. The van der Waals surface area contributed by atoms with Crippen LogP contribution in [0, 0.1) is 6.92 Å². The molecule has 22 heavy (non-hydrogen) atoms. The molecule has 1 aliphatic rings. The van der Waals surface area contributed by atoms with E-state index in [0.29, 0.717) is 0 Å². The smallest absolute Gasteiger partial charge is 0.318 e. The molecule has 5 heteroatoms. The first kappa shape index (κ1) is 15.4. The maximum absolute atomic E-state index is 12.6. The Morgan fingerprint density at radius 3 is 2.73 bits per heavy atom. The molecule has 0 saturated carbocycles. The second-order valence-electron chi connectivity index (χ2n) is 5.41. The fourth-order valence-corrected chi connectivity index (χ4v) is 4.31.